The molecule has 2 aromatic carbocycles. The monoisotopic (exact) mass is 299 g/mol. The molecule has 0 unspecified atom stereocenters. The van der Waals surface area contributed by atoms with Crippen LogP contribution in [0.5, 0.6) is 11.5 Å². The van der Waals surface area contributed by atoms with E-state index in [1.54, 1.807) is 0 Å². The molecule has 8 heteroatoms. The Kier molecular flexibility index (Phi) is 3.70. The van der Waals surface area contributed by atoms with Gasteiger partial charge in [-0.3, -0.25) is 10.1 Å². The number of rotatable bonds is 3. The molecule has 2 aromatic rings. The van der Waals surface area contributed by atoms with Crippen molar-refractivity contribution in [1.82, 2.24) is 0 Å². The maximum Gasteiger partial charge on any atom is 0.573 e. The van der Waals surface area contributed by atoms with Crippen LogP contribution < -0.4 is 4.74 Å². The van der Waals surface area contributed by atoms with Crippen molar-refractivity contribution in [2.75, 3.05) is 0 Å². The SMILES string of the molecule is O=[N+]([O-])c1cc(-c2ccc(OC(F)(F)F)cc2)ccc1O. The Hall–Kier alpha value is -2.77. The Morgan fingerprint density at radius 3 is 2.14 bits per heavy atom. The number of hydrogen-bond donors (Lipinski definition) is 1. The lowest BCUT2D eigenvalue weighted by Crippen LogP contribution is -2.16. The van der Waals surface area contributed by atoms with E-state index < -0.39 is 22.7 Å². The highest BCUT2D eigenvalue weighted by molar-refractivity contribution is 5.69. The number of aromatic hydroxyl groups is 1. The van der Waals surface area contributed by atoms with Crippen molar-refractivity contribution in [3.05, 3.63) is 52.6 Å². The van der Waals surface area contributed by atoms with Crippen molar-refractivity contribution in [3.8, 4) is 22.6 Å². The Labute approximate surface area is 116 Å². The van der Waals surface area contributed by atoms with Gasteiger partial charge in [-0.1, -0.05) is 18.2 Å². The van der Waals surface area contributed by atoms with Crippen LogP contribution in [0.4, 0.5) is 18.9 Å². The van der Waals surface area contributed by atoms with Crippen LogP contribution in [0.15, 0.2) is 42.5 Å². The van der Waals surface area contributed by atoms with E-state index in [9.17, 15) is 28.4 Å². The maximum absolute atomic E-state index is 12.0. The van der Waals surface area contributed by atoms with E-state index in [0.717, 1.165) is 24.3 Å². The van der Waals surface area contributed by atoms with Gasteiger partial charge in [0, 0.05) is 6.07 Å². The van der Waals surface area contributed by atoms with Gasteiger partial charge < -0.3 is 9.84 Å². The molecule has 110 valence electrons. The van der Waals surface area contributed by atoms with Gasteiger partial charge in [-0.15, -0.1) is 13.2 Å². The minimum absolute atomic E-state index is 0.387. The molecule has 0 heterocycles. The van der Waals surface area contributed by atoms with E-state index in [0.29, 0.717) is 11.1 Å². The summed E-state index contributed by atoms with van der Waals surface area (Å²) in [7, 11) is 0. The zero-order valence-electron chi connectivity index (χ0n) is 10.3. The zero-order chi connectivity index (χ0) is 15.6. The first kappa shape index (κ1) is 14.6. The van der Waals surface area contributed by atoms with Crippen molar-refractivity contribution >= 4 is 5.69 Å². The van der Waals surface area contributed by atoms with E-state index in [1.807, 2.05) is 0 Å². The number of phenols is 1. The summed E-state index contributed by atoms with van der Waals surface area (Å²) in [6.07, 6.45) is -4.78. The van der Waals surface area contributed by atoms with Crippen LogP contribution in [0.2, 0.25) is 0 Å². The lowest BCUT2D eigenvalue weighted by Gasteiger charge is -2.09. The number of nitrogens with zero attached hydrogens (tertiary/aromatic N) is 1. The van der Waals surface area contributed by atoms with Gasteiger partial charge in [-0.05, 0) is 29.3 Å². The molecule has 5 nitrogen and oxygen atoms in total. The van der Waals surface area contributed by atoms with Gasteiger partial charge in [0.2, 0.25) is 0 Å². The van der Waals surface area contributed by atoms with E-state index in [4.69, 9.17) is 0 Å². The summed E-state index contributed by atoms with van der Waals surface area (Å²) >= 11 is 0. The second-order valence-electron chi connectivity index (χ2n) is 4.03. The van der Waals surface area contributed by atoms with Gasteiger partial charge >= 0.3 is 12.0 Å². The van der Waals surface area contributed by atoms with E-state index in [1.165, 1.54) is 18.2 Å². The molecule has 1 N–H and O–H groups in total. The summed E-state index contributed by atoms with van der Waals surface area (Å²) in [5, 5.41) is 20.1. The molecule has 0 aliphatic carbocycles. The van der Waals surface area contributed by atoms with Crippen LogP contribution in [-0.2, 0) is 0 Å². The number of ether oxygens (including phenoxy) is 1. The fraction of sp³-hybridized carbons (Fsp3) is 0.0769. The quantitative estimate of drug-likeness (QED) is 0.690. The molecule has 21 heavy (non-hydrogen) atoms. The highest BCUT2D eigenvalue weighted by Crippen LogP contribution is 2.32. The first-order chi connectivity index (χ1) is 9.76. The third-order valence-corrected chi connectivity index (χ3v) is 2.59. The molecule has 0 aromatic heterocycles. The van der Waals surface area contributed by atoms with E-state index in [-0.39, 0.29) is 5.75 Å². The van der Waals surface area contributed by atoms with Gasteiger partial charge in [0.25, 0.3) is 0 Å². The molecular formula is C13H8F3NO4. The molecule has 0 spiro atoms. The fourth-order valence-electron chi connectivity index (χ4n) is 1.70. The van der Waals surface area contributed by atoms with Gasteiger partial charge in [0.1, 0.15) is 5.75 Å². The van der Waals surface area contributed by atoms with Gasteiger partial charge in [-0.25, -0.2) is 0 Å². The van der Waals surface area contributed by atoms with Crippen LogP contribution in [0.1, 0.15) is 0 Å². The van der Waals surface area contributed by atoms with Crippen molar-refractivity contribution in [2.24, 2.45) is 0 Å². The molecule has 0 aliphatic rings. The Morgan fingerprint density at radius 1 is 1.05 bits per heavy atom. The second-order valence-corrected chi connectivity index (χ2v) is 4.03. The predicted molar refractivity (Wildman–Crippen MR) is 66.9 cm³/mol. The number of nitro groups is 1. The van der Waals surface area contributed by atoms with Crippen LogP contribution in [-0.4, -0.2) is 16.4 Å². The van der Waals surface area contributed by atoms with Gasteiger partial charge in [-0.2, -0.15) is 0 Å². The van der Waals surface area contributed by atoms with E-state index >= 15 is 0 Å². The summed E-state index contributed by atoms with van der Waals surface area (Å²) in [5.74, 6) is -0.875. The Morgan fingerprint density at radius 2 is 1.62 bits per heavy atom. The topological polar surface area (TPSA) is 72.6 Å². The first-order valence-corrected chi connectivity index (χ1v) is 5.60. The Balaban J connectivity index is 2.31. The summed E-state index contributed by atoms with van der Waals surface area (Å²) in [6, 6.07) is 8.56. The summed E-state index contributed by atoms with van der Waals surface area (Å²) in [5.41, 5.74) is 0.355. The number of halogens is 3. The van der Waals surface area contributed by atoms with Crippen molar-refractivity contribution in [2.45, 2.75) is 6.36 Å². The van der Waals surface area contributed by atoms with Crippen LogP contribution in [0, 0.1) is 10.1 Å². The van der Waals surface area contributed by atoms with Crippen molar-refractivity contribution in [3.63, 3.8) is 0 Å². The standard InChI is InChI=1S/C13H8F3NO4/c14-13(15,16)21-10-4-1-8(2-5-10)9-3-6-12(18)11(7-9)17(19)20/h1-7,18H. The third kappa shape index (κ3) is 3.62. The lowest BCUT2D eigenvalue weighted by molar-refractivity contribution is -0.385. The number of hydrogen-bond acceptors (Lipinski definition) is 4. The molecule has 2 rings (SSSR count). The molecule has 0 saturated carbocycles. The average Bonchev–Trinajstić information content (AvgIpc) is 2.38. The Bertz CT molecular complexity index is 668. The van der Waals surface area contributed by atoms with Crippen LogP contribution in [0.25, 0.3) is 11.1 Å². The van der Waals surface area contributed by atoms with Crippen LogP contribution >= 0.6 is 0 Å². The van der Waals surface area contributed by atoms with Gasteiger partial charge in [0.15, 0.2) is 5.75 Å². The molecular weight excluding hydrogens is 291 g/mol. The number of benzene rings is 2. The van der Waals surface area contributed by atoms with Crippen molar-refractivity contribution < 1.29 is 27.9 Å². The predicted octanol–water partition coefficient (Wildman–Crippen LogP) is 3.87. The fourth-order valence-corrected chi connectivity index (χ4v) is 1.70. The maximum atomic E-state index is 12.0. The minimum atomic E-state index is -4.78. The molecule has 0 radical (unpaired) electrons. The molecule has 0 atom stereocenters. The second kappa shape index (κ2) is 5.31. The third-order valence-electron chi connectivity index (χ3n) is 2.59. The van der Waals surface area contributed by atoms with Crippen molar-refractivity contribution in [1.29, 1.82) is 0 Å². The summed E-state index contributed by atoms with van der Waals surface area (Å²) in [4.78, 5) is 9.97. The normalized spacial score (nSPS) is 11.2. The largest absolute Gasteiger partial charge is 0.573 e. The number of nitro benzene ring substituents is 1. The molecule has 0 saturated heterocycles. The van der Waals surface area contributed by atoms with Gasteiger partial charge in [0.05, 0.1) is 4.92 Å². The summed E-state index contributed by atoms with van der Waals surface area (Å²) in [6.45, 7) is 0. The molecule has 0 aliphatic heterocycles. The number of alkyl halides is 3. The molecule has 0 amide bonds. The zero-order valence-corrected chi connectivity index (χ0v) is 10.3. The van der Waals surface area contributed by atoms with E-state index in [2.05, 4.69) is 4.74 Å². The molecule has 0 fully saturated rings. The molecule has 0 bridgehead atoms. The highest BCUT2D eigenvalue weighted by atomic mass is 19.4. The summed E-state index contributed by atoms with van der Waals surface area (Å²) < 4.78 is 39.8. The minimum Gasteiger partial charge on any atom is -0.502 e. The first-order valence-electron chi connectivity index (χ1n) is 5.60. The van der Waals surface area contributed by atoms with Crippen LogP contribution in [0.3, 0.4) is 0 Å². The smallest absolute Gasteiger partial charge is 0.502 e. The number of phenolic OH excluding ortho intramolecular Hbond substituents is 1. The average molecular weight is 299 g/mol. The lowest BCUT2D eigenvalue weighted by atomic mass is 10.0. The highest BCUT2D eigenvalue weighted by Gasteiger charge is 2.31.